The van der Waals surface area contributed by atoms with Crippen LogP contribution < -0.4 is 0 Å². The third-order valence-electron chi connectivity index (χ3n) is 4.26. The van der Waals surface area contributed by atoms with E-state index in [-0.39, 0.29) is 17.3 Å². The van der Waals surface area contributed by atoms with E-state index in [0.29, 0.717) is 0 Å². The van der Waals surface area contributed by atoms with Gasteiger partial charge in [0.25, 0.3) is 0 Å². The van der Waals surface area contributed by atoms with Crippen molar-refractivity contribution in [3.63, 3.8) is 0 Å². The predicted octanol–water partition coefficient (Wildman–Crippen LogP) is 5.77. The monoisotopic (exact) mass is 310 g/mol. The molecule has 21 heavy (non-hydrogen) atoms. The Morgan fingerprint density at radius 1 is 1.05 bits per heavy atom. The minimum Gasteiger partial charge on any atom is -0.304 e. The quantitative estimate of drug-likeness (QED) is 0.625. The molecule has 2 rings (SSSR count). The Morgan fingerprint density at radius 3 is 2.14 bits per heavy atom. The van der Waals surface area contributed by atoms with Crippen LogP contribution in [0.3, 0.4) is 0 Å². The second-order valence-electron chi connectivity index (χ2n) is 6.57. The van der Waals surface area contributed by atoms with Crippen LogP contribution >= 0.6 is 8.60 Å². The molecule has 1 aliphatic rings. The summed E-state index contributed by atoms with van der Waals surface area (Å²) in [5.74, 6) is 0. The van der Waals surface area contributed by atoms with Crippen molar-refractivity contribution in [2.24, 2.45) is 0 Å². The van der Waals surface area contributed by atoms with Crippen molar-refractivity contribution in [2.45, 2.75) is 71.2 Å². The van der Waals surface area contributed by atoms with E-state index in [1.807, 2.05) is 6.07 Å². The number of benzene rings is 1. The summed E-state index contributed by atoms with van der Waals surface area (Å²) in [6.45, 7) is 10.4. The average molecular weight is 310 g/mol. The van der Waals surface area contributed by atoms with Gasteiger partial charge in [0.05, 0.1) is 6.10 Å². The normalized spacial score (nSPS) is 22.3. The van der Waals surface area contributed by atoms with Gasteiger partial charge in [-0.15, -0.1) is 0 Å². The van der Waals surface area contributed by atoms with Gasteiger partial charge in [0.1, 0.15) is 11.2 Å². The third kappa shape index (κ3) is 4.04. The summed E-state index contributed by atoms with van der Waals surface area (Å²) < 4.78 is 18.2. The van der Waals surface area contributed by atoms with Gasteiger partial charge in [-0.2, -0.15) is 0 Å². The summed E-state index contributed by atoms with van der Waals surface area (Å²) in [5.41, 5.74) is 0.540. The van der Waals surface area contributed by atoms with E-state index >= 15 is 0 Å². The summed E-state index contributed by atoms with van der Waals surface area (Å²) in [6, 6.07) is 10.4. The Morgan fingerprint density at radius 2 is 1.62 bits per heavy atom. The molecule has 0 spiro atoms. The highest BCUT2D eigenvalue weighted by Crippen LogP contribution is 2.60. The van der Waals surface area contributed by atoms with Crippen molar-refractivity contribution in [3.8, 4) is 0 Å². The molecule has 4 heteroatoms. The minimum absolute atomic E-state index is 0.0435. The lowest BCUT2D eigenvalue weighted by Crippen LogP contribution is -2.41. The van der Waals surface area contributed by atoms with E-state index in [4.69, 9.17) is 13.6 Å². The van der Waals surface area contributed by atoms with Gasteiger partial charge in [-0.3, -0.25) is 0 Å². The van der Waals surface area contributed by atoms with E-state index in [0.717, 1.165) is 19.3 Å². The first kappa shape index (κ1) is 16.9. The molecular weight excluding hydrogens is 283 g/mol. The third-order valence-corrected chi connectivity index (χ3v) is 5.90. The van der Waals surface area contributed by atoms with Crippen LogP contribution in [0.25, 0.3) is 0 Å². The largest absolute Gasteiger partial charge is 0.334 e. The lowest BCUT2D eigenvalue weighted by Gasteiger charge is -2.29. The molecule has 0 saturated carbocycles. The predicted molar refractivity (Wildman–Crippen MR) is 87.0 cm³/mol. The summed E-state index contributed by atoms with van der Waals surface area (Å²) in [5, 5.41) is 0. The van der Waals surface area contributed by atoms with E-state index in [1.54, 1.807) is 0 Å². The molecule has 0 aromatic heterocycles. The molecular formula is C17H27O3P. The number of hydrogen-bond acceptors (Lipinski definition) is 3. The first-order chi connectivity index (χ1) is 9.86. The van der Waals surface area contributed by atoms with Gasteiger partial charge in [-0.05, 0) is 39.7 Å². The Balaban J connectivity index is 2.07. The van der Waals surface area contributed by atoms with Gasteiger partial charge in [0.15, 0.2) is 0 Å². The van der Waals surface area contributed by atoms with E-state index in [1.165, 1.54) is 5.56 Å². The first-order valence-electron chi connectivity index (χ1n) is 7.76. The molecule has 1 aromatic rings. The molecule has 1 saturated heterocycles. The molecule has 0 N–H and O–H groups in total. The summed E-state index contributed by atoms with van der Waals surface area (Å²) in [6.07, 6.45) is 3.33. The maximum absolute atomic E-state index is 6.19. The molecule has 1 aliphatic heterocycles. The molecule has 118 valence electrons. The minimum atomic E-state index is -1.30. The van der Waals surface area contributed by atoms with Crippen LogP contribution in [0.4, 0.5) is 0 Å². The average Bonchev–Trinajstić information content (AvgIpc) is 2.63. The lowest BCUT2D eigenvalue weighted by molar-refractivity contribution is 0.00578. The number of unbranched alkanes of at least 4 members (excludes halogenated alkanes) is 1. The van der Waals surface area contributed by atoms with Crippen molar-refractivity contribution >= 4 is 8.60 Å². The number of rotatable bonds is 6. The second kappa shape index (κ2) is 6.75. The fourth-order valence-corrected chi connectivity index (χ4v) is 3.84. The Bertz CT molecular complexity index is 429. The van der Waals surface area contributed by atoms with Gasteiger partial charge in [0.2, 0.25) is 0 Å². The van der Waals surface area contributed by atoms with Crippen LogP contribution in [0.1, 0.15) is 65.5 Å². The zero-order chi connectivity index (χ0) is 15.5. The Hall–Kier alpha value is -0.470. The molecule has 3 nitrogen and oxygen atoms in total. The molecule has 1 heterocycles. The highest BCUT2D eigenvalue weighted by atomic mass is 31.2. The molecule has 1 aromatic carbocycles. The van der Waals surface area contributed by atoms with E-state index in [9.17, 15) is 0 Å². The molecule has 0 aliphatic carbocycles. The summed E-state index contributed by atoms with van der Waals surface area (Å²) in [4.78, 5) is 0. The molecule has 1 fully saturated rings. The first-order valence-corrected chi connectivity index (χ1v) is 8.85. The van der Waals surface area contributed by atoms with Crippen LogP contribution in [0.5, 0.6) is 0 Å². The highest BCUT2D eigenvalue weighted by Gasteiger charge is 2.51. The van der Waals surface area contributed by atoms with Crippen molar-refractivity contribution in [3.05, 3.63) is 35.9 Å². The number of hydrogen-bond donors (Lipinski definition) is 0. The van der Waals surface area contributed by atoms with Gasteiger partial charge in [-0.25, -0.2) is 0 Å². The fraction of sp³-hybridized carbons (Fsp3) is 0.647. The van der Waals surface area contributed by atoms with Gasteiger partial charge in [0, 0.05) is 0 Å². The highest BCUT2D eigenvalue weighted by molar-refractivity contribution is 7.42. The van der Waals surface area contributed by atoms with Gasteiger partial charge < -0.3 is 13.6 Å². The maximum Gasteiger partial charge on any atom is 0.334 e. The van der Waals surface area contributed by atoms with Crippen molar-refractivity contribution < 1.29 is 13.6 Å². The molecule has 1 unspecified atom stereocenters. The summed E-state index contributed by atoms with van der Waals surface area (Å²) in [7, 11) is -1.30. The lowest BCUT2D eigenvalue weighted by atomic mass is 9.90. The molecule has 0 radical (unpaired) electrons. The Kier molecular flexibility index (Phi) is 5.43. The van der Waals surface area contributed by atoms with Crippen molar-refractivity contribution in [2.75, 3.05) is 0 Å². The smallest absolute Gasteiger partial charge is 0.304 e. The van der Waals surface area contributed by atoms with Crippen LogP contribution in [0, 0.1) is 0 Å². The Labute approximate surface area is 130 Å². The standard InChI is InChI=1S/C17H27O3P/c1-6-7-13-15(14-11-9-8-10-12-14)18-21-19-16(2,3)17(4,5)20-21/h8-12,15H,6-7,13H2,1-5H3. The van der Waals surface area contributed by atoms with Gasteiger partial charge in [-0.1, -0.05) is 50.1 Å². The van der Waals surface area contributed by atoms with Crippen molar-refractivity contribution in [1.29, 1.82) is 0 Å². The van der Waals surface area contributed by atoms with E-state index in [2.05, 4.69) is 58.9 Å². The molecule has 0 bridgehead atoms. The second-order valence-corrected chi connectivity index (χ2v) is 7.60. The zero-order valence-corrected chi connectivity index (χ0v) is 14.7. The maximum atomic E-state index is 6.19. The van der Waals surface area contributed by atoms with Crippen molar-refractivity contribution in [1.82, 2.24) is 0 Å². The SMILES string of the molecule is CCCCC(OP1OC(C)(C)C(C)(C)O1)c1ccccc1. The van der Waals surface area contributed by atoms with E-state index < -0.39 is 8.60 Å². The zero-order valence-electron chi connectivity index (χ0n) is 13.8. The van der Waals surface area contributed by atoms with Crippen LogP contribution in [-0.2, 0) is 13.6 Å². The van der Waals surface area contributed by atoms with Crippen LogP contribution in [0.2, 0.25) is 0 Å². The van der Waals surface area contributed by atoms with Gasteiger partial charge >= 0.3 is 8.60 Å². The van der Waals surface area contributed by atoms with Crippen LogP contribution in [0.15, 0.2) is 30.3 Å². The molecule has 1 atom stereocenters. The topological polar surface area (TPSA) is 27.7 Å². The van der Waals surface area contributed by atoms with Crippen LogP contribution in [-0.4, -0.2) is 11.2 Å². The molecule has 0 amide bonds. The fourth-order valence-electron chi connectivity index (χ4n) is 2.10. The summed E-state index contributed by atoms with van der Waals surface area (Å²) >= 11 is 0.